The van der Waals surface area contributed by atoms with E-state index in [0.29, 0.717) is 24.8 Å². The molecule has 0 bridgehead atoms. The number of amides is 1. The Balaban J connectivity index is 1.65. The van der Waals surface area contributed by atoms with Crippen molar-refractivity contribution >= 4 is 12.1 Å². The molecule has 3 atom stereocenters. The quantitative estimate of drug-likeness (QED) is 0.929. The number of rotatable bonds is 3. The largest absolute Gasteiger partial charge is 0.480 e. The Hall–Kier alpha value is -2.04. The maximum absolute atomic E-state index is 12.4. The molecule has 1 aromatic rings. The van der Waals surface area contributed by atoms with Gasteiger partial charge < -0.3 is 9.84 Å². The molecule has 0 radical (unpaired) electrons. The van der Waals surface area contributed by atoms with Gasteiger partial charge in [0.05, 0.1) is 0 Å². The third-order valence-corrected chi connectivity index (χ3v) is 5.12. The molecule has 2 fully saturated rings. The zero-order valence-electron chi connectivity index (χ0n) is 13.2. The summed E-state index contributed by atoms with van der Waals surface area (Å²) in [5.41, 5.74) is 0.903. The SMILES string of the molecule is O=C(O)[C@@H]1C[C@@H]2CCCC[C@H]2CN1C(=O)OCc1ccccc1. The number of carboxylic acid groups (broad SMARTS) is 1. The highest BCUT2D eigenvalue weighted by Gasteiger charge is 2.42. The average Bonchev–Trinajstić information content (AvgIpc) is 2.59. The zero-order chi connectivity index (χ0) is 16.2. The molecule has 0 spiro atoms. The van der Waals surface area contributed by atoms with E-state index in [-0.39, 0.29) is 6.61 Å². The molecule has 1 aromatic carbocycles. The average molecular weight is 317 g/mol. The maximum atomic E-state index is 12.4. The molecule has 3 rings (SSSR count). The van der Waals surface area contributed by atoms with Gasteiger partial charge >= 0.3 is 12.1 Å². The highest BCUT2D eigenvalue weighted by atomic mass is 16.6. The van der Waals surface area contributed by atoms with Gasteiger partial charge in [0.2, 0.25) is 0 Å². The van der Waals surface area contributed by atoms with Crippen LogP contribution in [-0.2, 0) is 16.1 Å². The number of piperidine rings is 1. The van der Waals surface area contributed by atoms with Crippen LogP contribution in [-0.4, -0.2) is 34.7 Å². The zero-order valence-corrected chi connectivity index (χ0v) is 13.2. The molecule has 1 saturated carbocycles. The summed E-state index contributed by atoms with van der Waals surface area (Å²) in [6, 6.07) is 8.69. The van der Waals surface area contributed by atoms with Gasteiger partial charge in [-0.2, -0.15) is 0 Å². The number of fused-ring (bicyclic) bond motifs is 1. The minimum Gasteiger partial charge on any atom is -0.480 e. The van der Waals surface area contributed by atoms with E-state index >= 15 is 0 Å². The number of hydrogen-bond donors (Lipinski definition) is 1. The van der Waals surface area contributed by atoms with Crippen molar-refractivity contribution < 1.29 is 19.4 Å². The van der Waals surface area contributed by atoms with Gasteiger partial charge in [0, 0.05) is 6.54 Å². The van der Waals surface area contributed by atoms with Gasteiger partial charge in [0.15, 0.2) is 0 Å². The Bertz CT molecular complexity index is 559. The van der Waals surface area contributed by atoms with Crippen molar-refractivity contribution in [3.63, 3.8) is 0 Å². The summed E-state index contributed by atoms with van der Waals surface area (Å²) >= 11 is 0. The summed E-state index contributed by atoms with van der Waals surface area (Å²) in [6.07, 6.45) is 4.56. The Morgan fingerprint density at radius 2 is 1.83 bits per heavy atom. The van der Waals surface area contributed by atoms with Crippen LogP contribution in [0.3, 0.4) is 0 Å². The van der Waals surface area contributed by atoms with Gasteiger partial charge in [-0.05, 0) is 30.2 Å². The maximum Gasteiger partial charge on any atom is 0.410 e. The molecule has 5 heteroatoms. The second-order valence-corrected chi connectivity index (χ2v) is 6.59. The molecule has 1 amide bonds. The van der Waals surface area contributed by atoms with Crippen LogP contribution in [0.1, 0.15) is 37.7 Å². The van der Waals surface area contributed by atoms with Crippen LogP contribution in [0, 0.1) is 11.8 Å². The molecule has 1 heterocycles. The van der Waals surface area contributed by atoms with Gasteiger partial charge in [-0.25, -0.2) is 9.59 Å². The van der Waals surface area contributed by atoms with E-state index in [9.17, 15) is 14.7 Å². The number of ether oxygens (including phenoxy) is 1. The van der Waals surface area contributed by atoms with Gasteiger partial charge in [0.25, 0.3) is 0 Å². The molecular formula is C18H23NO4. The first-order valence-corrected chi connectivity index (χ1v) is 8.35. The van der Waals surface area contributed by atoms with Crippen LogP contribution in [0.2, 0.25) is 0 Å². The summed E-state index contributed by atoms with van der Waals surface area (Å²) in [4.78, 5) is 25.4. The highest BCUT2D eigenvalue weighted by molar-refractivity contribution is 5.80. The van der Waals surface area contributed by atoms with Crippen molar-refractivity contribution in [2.75, 3.05) is 6.54 Å². The van der Waals surface area contributed by atoms with Crippen molar-refractivity contribution in [3.05, 3.63) is 35.9 Å². The lowest BCUT2D eigenvalue weighted by molar-refractivity contribution is -0.146. The number of carboxylic acids is 1. The van der Waals surface area contributed by atoms with Crippen molar-refractivity contribution in [1.82, 2.24) is 4.90 Å². The van der Waals surface area contributed by atoms with Crippen LogP contribution in [0.5, 0.6) is 0 Å². The van der Waals surface area contributed by atoms with E-state index < -0.39 is 18.1 Å². The molecule has 23 heavy (non-hydrogen) atoms. The second-order valence-electron chi connectivity index (χ2n) is 6.59. The molecule has 5 nitrogen and oxygen atoms in total. The molecule has 124 valence electrons. The summed E-state index contributed by atoms with van der Waals surface area (Å²) in [5, 5.41) is 9.48. The fraction of sp³-hybridized carbons (Fsp3) is 0.556. The fourth-order valence-electron chi connectivity index (χ4n) is 3.87. The van der Waals surface area contributed by atoms with Crippen LogP contribution in [0.15, 0.2) is 30.3 Å². The molecule has 1 N–H and O–H groups in total. The number of carbonyl (C=O) groups is 2. The van der Waals surface area contributed by atoms with E-state index in [4.69, 9.17) is 4.74 Å². The van der Waals surface area contributed by atoms with Gasteiger partial charge in [0.1, 0.15) is 12.6 Å². The Kier molecular flexibility index (Phi) is 4.84. The van der Waals surface area contributed by atoms with Crippen molar-refractivity contribution in [3.8, 4) is 0 Å². The van der Waals surface area contributed by atoms with Gasteiger partial charge in [-0.15, -0.1) is 0 Å². The minimum atomic E-state index is -0.925. The van der Waals surface area contributed by atoms with E-state index in [2.05, 4.69) is 0 Å². The van der Waals surface area contributed by atoms with E-state index in [0.717, 1.165) is 18.4 Å². The Labute approximate surface area is 136 Å². The predicted octanol–water partition coefficient (Wildman–Crippen LogP) is 3.29. The first-order chi connectivity index (χ1) is 11.1. The molecule has 1 aliphatic heterocycles. The number of carbonyl (C=O) groups excluding carboxylic acids is 1. The van der Waals surface area contributed by atoms with Crippen molar-refractivity contribution in [1.29, 1.82) is 0 Å². The standard InChI is InChI=1S/C18H23NO4/c20-17(21)16-10-14-8-4-5-9-15(14)11-19(16)18(22)23-12-13-6-2-1-3-7-13/h1-3,6-7,14-16H,4-5,8-12H2,(H,20,21)/t14-,15-,16-/m0/s1. The predicted molar refractivity (Wildman–Crippen MR) is 84.8 cm³/mol. The van der Waals surface area contributed by atoms with Crippen LogP contribution in [0.25, 0.3) is 0 Å². The third kappa shape index (κ3) is 3.66. The Morgan fingerprint density at radius 1 is 1.13 bits per heavy atom. The summed E-state index contributed by atoms with van der Waals surface area (Å²) in [6.45, 7) is 0.686. The van der Waals surface area contributed by atoms with Crippen molar-refractivity contribution in [2.45, 2.75) is 44.8 Å². The third-order valence-electron chi connectivity index (χ3n) is 5.12. The van der Waals surface area contributed by atoms with Crippen molar-refractivity contribution in [2.24, 2.45) is 11.8 Å². The monoisotopic (exact) mass is 317 g/mol. The first-order valence-electron chi connectivity index (χ1n) is 8.35. The first kappa shape index (κ1) is 15.8. The topological polar surface area (TPSA) is 66.8 Å². The molecule has 1 saturated heterocycles. The molecule has 0 aromatic heterocycles. The second kappa shape index (κ2) is 7.02. The summed E-state index contributed by atoms with van der Waals surface area (Å²) < 4.78 is 5.35. The van der Waals surface area contributed by atoms with Gasteiger partial charge in [-0.3, -0.25) is 4.90 Å². The van der Waals surface area contributed by atoms with Crippen LogP contribution < -0.4 is 0 Å². The summed E-state index contributed by atoms with van der Waals surface area (Å²) in [7, 11) is 0. The highest BCUT2D eigenvalue weighted by Crippen LogP contribution is 2.38. The number of likely N-dealkylation sites (tertiary alicyclic amines) is 1. The number of aliphatic carboxylic acids is 1. The van der Waals surface area contributed by atoms with E-state index in [1.54, 1.807) is 0 Å². The minimum absolute atomic E-state index is 0.177. The lowest BCUT2D eigenvalue weighted by atomic mass is 9.73. The molecule has 2 aliphatic rings. The van der Waals surface area contributed by atoms with Gasteiger partial charge in [-0.1, -0.05) is 49.6 Å². The fourth-order valence-corrected chi connectivity index (χ4v) is 3.87. The Morgan fingerprint density at radius 3 is 2.52 bits per heavy atom. The van der Waals surface area contributed by atoms with Crippen LogP contribution in [0.4, 0.5) is 4.79 Å². The van der Waals surface area contributed by atoms with E-state index in [1.807, 2.05) is 30.3 Å². The van der Waals surface area contributed by atoms with Crippen LogP contribution >= 0.6 is 0 Å². The molecule has 1 aliphatic carbocycles. The lowest BCUT2D eigenvalue weighted by Crippen LogP contribution is -2.54. The summed E-state index contributed by atoms with van der Waals surface area (Å²) in [5.74, 6) is -0.0719. The number of benzene rings is 1. The van der Waals surface area contributed by atoms with E-state index in [1.165, 1.54) is 17.7 Å². The lowest BCUT2D eigenvalue weighted by Gasteiger charge is -2.43. The number of hydrogen-bond acceptors (Lipinski definition) is 3. The molecular weight excluding hydrogens is 294 g/mol. The molecule has 0 unspecified atom stereocenters. The smallest absolute Gasteiger partial charge is 0.410 e. The normalized spacial score (nSPS) is 27.1. The number of nitrogens with zero attached hydrogens (tertiary/aromatic N) is 1.